The maximum atomic E-state index is 13.2. The van der Waals surface area contributed by atoms with E-state index >= 15 is 0 Å². The van der Waals surface area contributed by atoms with E-state index in [1.165, 1.54) is 50.6 Å². The van der Waals surface area contributed by atoms with Gasteiger partial charge in [0.15, 0.2) is 23.7 Å². The highest BCUT2D eigenvalue weighted by molar-refractivity contribution is 6.05. The van der Waals surface area contributed by atoms with Crippen LogP contribution in [0.4, 0.5) is 34.5 Å². The van der Waals surface area contributed by atoms with E-state index in [-0.39, 0.29) is 72.5 Å². The van der Waals surface area contributed by atoms with Gasteiger partial charge in [-0.3, -0.25) is 33.6 Å². The largest absolute Gasteiger partial charge is 0.371 e. The molecule has 0 radical (unpaired) electrons. The molecular formula is C38H44N16O7. The number of hydrogen-bond acceptors (Lipinski definition) is 11. The summed E-state index contributed by atoms with van der Waals surface area (Å²) in [7, 11) is 9.99. The fraction of sp³-hybridized carbons (Fsp3) is 0.263. The summed E-state index contributed by atoms with van der Waals surface area (Å²) in [6.45, 7) is 0.242. The number of amides is 6. The minimum atomic E-state index is -0.587. The van der Waals surface area contributed by atoms with Gasteiger partial charge in [-0.15, -0.1) is 0 Å². The van der Waals surface area contributed by atoms with Crippen molar-refractivity contribution in [2.45, 2.75) is 12.8 Å². The number of carbonyl (C=O) groups is 7. The summed E-state index contributed by atoms with van der Waals surface area (Å²) < 4.78 is 9.34. The molecule has 0 spiro atoms. The minimum absolute atomic E-state index is 0.00301. The number of nitrogens with one attached hydrogen (secondary N) is 7. The molecule has 0 fully saturated rings. The summed E-state index contributed by atoms with van der Waals surface area (Å²) in [5, 5.41) is 19.3. The third kappa shape index (κ3) is 10.3. The van der Waals surface area contributed by atoms with Crippen LogP contribution in [0.25, 0.3) is 0 Å². The normalized spacial score (nSPS) is 10.9. The molecule has 7 N–H and O–H groups in total. The maximum Gasteiger partial charge on any atom is 0.291 e. The topological polar surface area (TPSA) is 272 Å². The van der Waals surface area contributed by atoms with E-state index < -0.39 is 23.6 Å². The standard InChI is InChI=1S/C38H44N16O7/c1-49-12-11-40-32(49)36(59)44-24-15-29(52(4)18-24)39-9-7-30(56)45-27-19-54(6)34(48-27)38(61)43-23-14-26(51(3)17-23)35(58)41-10-8-31(57)46-28-20-53(5)33(47-28)37(60)42-22-13-25(21-55)50(2)16-22/h11-21,39H,7-10H2,1-6H3,(H,41,58)(H,42,60)(H,43,61)(H,44,59)(H,45,56)(H,46,57). The van der Waals surface area contributed by atoms with Crippen molar-refractivity contribution in [1.29, 1.82) is 0 Å². The summed E-state index contributed by atoms with van der Waals surface area (Å²) in [5.74, 6) is -1.53. The predicted octanol–water partition coefficient (Wildman–Crippen LogP) is 1.67. The smallest absolute Gasteiger partial charge is 0.291 e. The molecule has 23 heteroatoms. The zero-order chi connectivity index (χ0) is 44.0. The molecule has 0 saturated heterocycles. The van der Waals surface area contributed by atoms with Crippen molar-refractivity contribution in [1.82, 2.24) is 47.7 Å². The molecular weight excluding hydrogens is 793 g/mol. The van der Waals surface area contributed by atoms with Gasteiger partial charge in [0.1, 0.15) is 11.5 Å². The number of aromatic nitrogens is 9. The van der Waals surface area contributed by atoms with E-state index in [2.05, 4.69) is 52.2 Å². The van der Waals surface area contributed by atoms with Crippen molar-refractivity contribution >= 4 is 76.2 Å². The lowest BCUT2D eigenvalue weighted by Gasteiger charge is -2.07. The number of rotatable bonds is 17. The fourth-order valence-corrected chi connectivity index (χ4v) is 6.15. The maximum absolute atomic E-state index is 13.2. The Bertz CT molecular complexity index is 2650. The van der Waals surface area contributed by atoms with Crippen LogP contribution in [-0.2, 0) is 51.9 Å². The summed E-state index contributed by atoms with van der Waals surface area (Å²) in [4.78, 5) is 100. The number of imidazole rings is 3. The number of carbonyl (C=O) groups excluding carboxylic acids is 7. The first-order valence-corrected chi connectivity index (χ1v) is 18.6. The molecule has 0 atom stereocenters. The molecule has 0 bridgehead atoms. The molecule has 0 aliphatic heterocycles. The lowest BCUT2D eigenvalue weighted by atomic mass is 10.3. The lowest BCUT2D eigenvalue weighted by molar-refractivity contribution is -0.116. The first-order valence-electron chi connectivity index (χ1n) is 18.6. The molecule has 23 nitrogen and oxygen atoms in total. The molecule has 6 heterocycles. The van der Waals surface area contributed by atoms with Gasteiger partial charge in [-0.1, -0.05) is 0 Å². The van der Waals surface area contributed by atoms with Crippen molar-refractivity contribution in [2.24, 2.45) is 42.3 Å². The van der Waals surface area contributed by atoms with Crippen LogP contribution >= 0.6 is 0 Å². The SMILES string of the molecule is Cn1cc(NC(=O)c2nc(NC(=O)CCNC(=O)c3cc(NC(=O)c4nc(NC(=O)CCNc5cc(NC(=O)c6nccn6C)cn5C)cn4C)cn3C)cn2C)cc1C=O. The second kappa shape index (κ2) is 18.1. The van der Waals surface area contributed by atoms with Crippen molar-refractivity contribution in [3.05, 3.63) is 90.4 Å². The average Bonchev–Trinajstić information content (AvgIpc) is 4.06. The van der Waals surface area contributed by atoms with Gasteiger partial charge in [0.25, 0.3) is 23.6 Å². The lowest BCUT2D eigenvalue weighted by Crippen LogP contribution is -2.29. The molecule has 6 rings (SSSR count). The van der Waals surface area contributed by atoms with Crippen molar-refractivity contribution in [2.75, 3.05) is 45.0 Å². The molecule has 6 aromatic rings. The van der Waals surface area contributed by atoms with Gasteiger partial charge in [-0.25, -0.2) is 15.0 Å². The third-order valence-corrected chi connectivity index (χ3v) is 9.19. The van der Waals surface area contributed by atoms with E-state index in [1.54, 1.807) is 80.6 Å². The molecule has 0 unspecified atom stereocenters. The van der Waals surface area contributed by atoms with Crippen LogP contribution in [0.2, 0.25) is 0 Å². The highest BCUT2D eigenvalue weighted by atomic mass is 16.2. The summed E-state index contributed by atoms with van der Waals surface area (Å²) in [6.07, 6.45) is 11.7. The zero-order valence-corrected chi connectivity index (χ0v) is 34.1. The van der Waals surface area contributed by atoms with E-state index in [0.717, 1.165) is 0 Å². The molecule has 0 aliphatic carbocycles. The van der Waals surface area contributed by atoms with Crippen LogP contribution in [0.1, 0.15) is 65.7 Å². The van der Waals surface area contributed by atoms with Crippen molar-refractivity contribution in [3.8, 4) is 0 Å². The monoisotopic (exact) mass is 836 g/mol. The van der Waals surface area contributed by atoms with Crippen LogP contribution < -0.4 is 37.2 Å². The van der Waals surface area contributed by atoms with Crippen molar-refractivity contribution < 1.29 is 33.6 Å². The van der Waals surface area contributed by atoms with E-state index in [1.807, 2.05) is 0 Å². The highest BCUT2D eigenvalue weighted by Crippen LogP contribution is 2.19. The van der Waals surface area contributed by atoms with Gasteiger partial charge in [0.2, 0.25) is 23.5 Å². The van der Waals surface area contributed by atoms with Gasteiger partial charge in [0.05, 0.1) is 22.8 Å². The molecule has 0 saturated carbocycles. The Balaban J connectivity index is 0.928. The van der Waals surface area contributed by atoms with E-state index in [4.69, 9.17) is 0 Å². The van der Waals surface area contributed by atoms with Gasteiger partial charge >= 0.3 is 0 Å². The quantitative estimate of drug-likeness (QED) is 0.0650. The Labute approximate surface area is 347 Å². The van der Waals surface area contributed by atoms with E-state index in [9.17, 15) is 33.6 Å². The average molecular weight is 837 g/mol. The van der Waals surface area contributed by atoms with Crippen LogP contribution in [0.3, 0.4) is 0 Å². The second-order valence-corrected chi connectivity index (χ2v) is 14.0. The second-order valence-electron chi connectivity index (χ2n) is 14.0. The van der Waals surface area contributed by atoms with Crippen molar-refractivity contribution in [3.63, 3.8) is 0 Å². The van der Waals surface area contributed by atoms with Gasteiger partial charge in [-0.05, 0) is 12.1 Å². The third-order valence-electron chi connectivity index (χ3n) is 9.19. The molecule has 6 amide bonds. The molecule has 61 heavy (non-hydrogen) atoms. The Morgan fingerprint density at radius 1 is 0.557 bits per heavy atom. The zero-order valence-electron chi connectivity index (χ0n) is 34.1. The predicted molar refractivity (Wildman–Crippen MR) is 222 cm³/mol. The van der Waals surface area contributed by atoms with Crippen LogP contribution in [0, 0.1) is 0 Å². The molecule has 6 aromatic heterocycles. The Kier molecular flexibility index (Phi) is 12.6. The molecule has 318 valence electrons. The summed E-state index contributed by atoms with van der Waals surface area (Å²) in [6, 6.07) is 4.71. The molecule has 0 aromatic carbocycles. The Hall–Kier alpha value is -8.24. The number of aldehydes is 1. The number of nitrogens with zero attached hydrogens (tertiary/aromatic N) is 9. The number of aryl methyl sites for hydroxylation is 6. The Morgan fingerprint density at radius 2 is 1.08 bits per heavy atom. The van der Waals surface area contributed by atoms with Gasteiger partial charge in [-0.2, -0.15) is 0 Å². The number of anilines is 6. The van der Waals surface area contributed by atoms with Crippen LogP contribution in [0.5, 0.6) is 0 Å². The number of hydrogen-bond donors (Lipinski definition) is 7. The highest BCUT2D eigenvalue weighted by Gasteiger charge is 2.20. The first-order chi connectivity index (χ1) is 29.1. The first kappa shape index (κ1) is 42.4. The minimum Gasteiger partial charge on any atom is -0.371 e. The van der Waals surface area contributed by atoms with Crippen LogP contribution in [-0.4, -0.2) is 97.2 Å². The Morgan fingerprint density at radius 3 is 1.64 bits per heavy atom. The fourth-order valence-electron chi connectivity index (χ4n) is 6.15. The summed E-state index contributed by atoms with van der Waals surface area (Å²) in [5.41, 5.74) is 1.85. The van der Waals surface area contributed by atoms with Gasteiger partial charge in [0, 0.05) is 118 Å². The van der Waals surface area contributed by atoms with Crippen LogP contribution in [0.15, 0.2) is 61.6 Å². The molecule has 0 aliphatic rings. The summed E-state index contributed by atoms with van der Waals surface area (Å²) >= 11 is 0. The van der Waals surface area contributed by atoms with Gasteiger partial charge < -0.3 is 64.6 Å². The van der Waals surface area contributed by atoms with E-state index in [0.29, 0.717) is 34.9 Å².